The van der Waals surface area contributed by atoms with Crippen LogP contribution >= 0.6 is 11.8 Å². The van der Waals surface area contributed by atoms with Crippen LogP contribution in [0, 0.1) is 5.92 Å². The number of aliphatic imine (C=N–C) groups is 1. The SMILES string of the molecule is COc1cccc2c1CC[C@H]1CNC(CCN3C=NC4C(=C3)SC3=CCNC=C34)[C@@H]21. The van der Waals surface area contributed by atoms with Gasteiger partial charge in [-0.15, -0.1) is 0 Å². The first-order valence-corrected chi connectivity index (χ1v) is 11.8. The van der Waals surface area contributed by atoms with Crippen molar-refractivity contribution in [1.82, 2.24) is 15.5 Å². The van der Waals surface area contributed by atoms with Crippen LogP contribution in [0.25, 0.3) is 0 Å². The molecule has 0 radical (unpaired) electrons. The molecule has 6 heteroatoms. The van der Waals surface area contributed by atoms with Crippen LogP contribution in [0.5, 0.6) is 5.75 Å². The van der Waals surface area contributed by atoms with E-state index < -0.39 is 0 Å². The zero-order valence-electron chi connectivity index (χ0n) is 17.3. The molecule has 1 aromatic carbocycles. The third kappa shape index (κ3) is 3.00. The molecule has 0 amide bonds. The molecular formula is C24H28N4OS. The Kier molecular flexibility index (Phi) is 4.65. The van der Waals surface area contributed by atoms with Crippen LogP contribution in [0.2, 0.25) is 0 Å². The van der Waals surface area contributed by atoms with Gasteiger partial charge in [0.1, 0.15) is 11.8 Å². The Labute approximate surface area is 182 Å². The van der Waals surface area contributed by atoms with Crippen LogP contribution in [0.1, 0.15) is 29.9 Å². The molecule has 5 nitrogen and oxygen atoms in total. The minimum absolute atomic E-state index is 0.192. The van der Waals surface area contributed by atoms with E-state index in [1.54, 1.807) is 7.11 Å². The summed E-state index contributed by atoms with van der Waals surface area (Å²) in [4.78, 5) is 9.88. The van der Waals surface area contributed by atoms with Gasteiger partial charge < -0.3 is 20.3 Å². The Balaban J connectivity index is 1.17. The van der Waals surface area contributed by atoms with Crippen molar-refractivity contribution in [3.63, 3.8) is 0 Å². The summed E-state index contributed by atoms with van der Waals surface area (Å²) >= 11 is 1.88. The van der Waals surface area contributed by atoms with Crippen molar-refractivity contribution in [3.8, 4) is 5.75 Å². The fraction of sp³-hybridized carbons (Fsp3) is 0.458. The summed E-state index contributed by atoms with van der Waals surface area (Å²) in [6, 6.07) is 7.30. The van der Waals surface area contributed by atoms with Crippen LogP contribution in [-0.2, 0) is 6.42 Å². The van der Waals surface area contributed by atoms with E-state index in [1.807, 2.05) is 18.1 Å². The molecular weight excluding hydrogens is 392 g/mol. The summed E-state index contributed by atoms with van der Waals surface area (Å²) in [5, 5.41) is 7.16. The summed E-state index contributed by atoms with van der Waals surface area (Å²) in [7, 11) is 1.79. The highest BCUT2D eigenvalue weighted by Gasteiger charge is 2.41. The maximum Gasteiger partial charge on any atom is 0.122 e. The number of rotatable bonds is 4. The zero-order chi connectivity index (χ0) is 20.1. The Hall–Kier alpha value is -2.18. The molecule has 4 heterocycles. The Morgan fingerprint density at radius 3 is 3.23 bits per heavy atom. The molecule has 1 aliphatic carbocycles. The molecule has 2 unspecified atom stereocenters. The Morgan fingerprint density at radius 2 is 2.30 bits per heavy atom. The Bertz CT molecular complexity index is 981. The average Bonchev–Trinajstić information content (AvgIpc) is 3.38. The topological polar surface area (TPSA) is 48.9 Å². The molecule has 4 atom stereocenters. The number of ether oxygens (including phenoxy) is 1. The zero-order valence-corrected chi connectivity index (χ0v) is 18.1. The highest BCUT2D eigenvalue weighted by atomic mass is 32.2. The molecule has 4 aliphatic heterocycles. The fourth-order valence-electron chi connectivity index (χ4n) is 5.77. The van der Waals surface area contributed by atoms with Crippen LogP contribution in [0.4, 0.5) is 0 Å². The first kappa shape index (κ1) is 18.6. The van der Waals surface area contributed by atoms with E-state index in [0.29, 0.717) is 12.0 Å². The molecule has 5 aliphatic rings. The maximum atomic E-state index is 5.66. The number of dihydropyridines is 1. The molecule has 2 saturated heterocycles. The normalized spacial score (nSPS) is 31.0. The molecule has 156 valence electrons. The van der Waals surface area contributed by atoms with Crippen molar-refractivity contribution in [2.24, 2.45) is 10.9 Å². The minimum atomic E-state index is 0.192. The van der Waals surface area contributed by atoms with Gasteiger partial charge in [-0.25, -0.2) is 0 Å². The number of fused-ring (bicyclic) bond motifs is 6. The highest BCUT2D eigenvalue weighted by molar-refractivity contribution is 8.07. The number of nitrogens with one attached hydrogen (secondary N) is 2. The lowest BCUT2D eigenvalue weighted by molar-refractivity contribution is 0.369. The lowest BCUT2D eigenvalue weighted by Gasteiger charge is -2.33. The van der Waals surface area contributed by atoms with Crippen LogP contribution < -0.4 is 15.4 Å². The lowest BCUT2D eigenvalue weighted by atomic mass is 9.73. The average molecular weight is 421 g/mol. The second kappa shape index (κ2) is 7.50. The second-order valence-electron chi connectivity index (χ2n) is 8.77. The summed E-state index contributed by atoms with van der Waals surface area (Å²) in [6.45, 7) is 3.05. The number of nitrogens with zero attached hydrogens (tertiary/aromatic N) is 2. The van der Waals surface area contributed by atoms with Crippen molar-refractivity contribution >= 4 is 18.1 Å². The molecule has 0 bridgehead atoms. The van der Waals surface area contributed by atoms with E-state index in [1.165, 1.54) is 32.9 Å². The lowest BCUT2D eigenvalue weighted by Crippen LogP contribution is -2.33. The van der Waals surface area contributed by atoms with Crippen LogP contribution in [0.3, 0.4) is 0 Å². The van der Waals surface area contributed by atoms with Crippen molar-refractivity contribution in [1.29, 1.82) is 0 Å². The predicted molar refractivity (Wildman–Crippen MR) is 123 cm³/mol. The number of hydrogen-bond acceptors (Lipinski definition) is 6. The quantitative estimate of drug-likeness (QED) is 0.782. The monoisotopic (exact) mass is 420 g/mol. The maximum absolute atomic E-state index is 5.66. The number of thioether (sulfide) groups is 1. The molecule has 1 aromatic rings. The first-order chi connectivity index (χ1) is 14.8. The minimum Gasteiger partial charge on any atom is -0.496 e. The van der Waals surface area contributed by atoms with Gasteiger partial charge in [0.2, 0.25) is 0 Å². The summed E-state index contributed by atoms with van der Waals surface area (Å²) < 4.78 is 5.66. The van der Waals surface area contributed by atoms with E-state index in [9.17, 15) is 0 Å². The number of methoxy groups -OCH3 is 1. The van der Waals surface area contributed by atoms with Crippen LogP contribution in [0.15, 0.2) is 57.1 Å². The second-order valence-corrected chi connectivity index (χ2v) is 9.89. The van der Waals surface area contributed by atoms with Gasteiger partial charge in [0.05, 0.1) is 13.4 Å². The smallest absolute Gasteiger partial charge is 0.122 e. The van der Waals surface area contributed by atoms with Gasteiger partial charge in [0.15, 0.2) is 0 Å². The number of benzene rings is 1. The van der Waals surface area contributed by atoms with E-state index >= 15 is 0 Å². The van der Waals surface area contributed by atoms with Crippen molar-refractivity contribution in [2.45, 2.75) is 37.3 Å². The van der Waals surface area contributed by atoms with Gasteiger partial charge in [-0.2, -0.15) is 0 Å². The molecule has 6 rings (SSSR count). The highest BCUT2D eigenvalue weighted by Crippen LogP contribution is 2.48. The van der Waals surface area contributed by atoms with Gasteiger partial charge >= 0.3 is 0 Å². The van der Waals surface area contributed by atoms with Gasteiger partial charge in [0.25, 0.3) is 0 Å². The predicted octanol–water partition coefficient (Wildman–Crippen LogP) is 3.37. The standard InChI is InChI=1S/C24H28N4OS/c1-29-20-4-2-3-17-16(20)6-5-15-11-26-19(23(15)17)8-10-28-13-22-24(27-14-28)18-12-25-9-7-21(18)30-22/h2-4,7,12-15,19,23-26H,5-6,8-11H2,1H3/t15-,19?,23+,24?/m0/s1. The van der Waals surface area contributed by atoms with Crippen molar-refractivity contribution in [2.75, 3.05) is 26.7 Å². The van der Waals surface area contributed by atoms with Crippen molar-refractivity contribution < 1.29 is 4.74 Å². The summed E-state index contributed by atoms with van der Waals surface area (Å²) in [5.74, 6) is 2.40. The molecule has 2 fully saturated rings. The molecule has 0 spiro atoms. The molecule has 2 N–H and O–H groups in total. The van der Waals surface area contributed by atoms with Gasteiger partial charge in [-0.3, -0.25) is 4.99 Å². The van der Waals surface area contributed by atoms with E-state index in [2.05, 4.69) is 52.2 Å². The molecule has 30 heavy (non-hydrogen) atoms. The van der Waals surface area contributed by atoms with Crippen molar-refractivity contribution in [3.05, 3.63) is 63.2 Å². The fourth-order valence-corrected chi connectivity index (χ4v) is 6.97. The summed E-state index contributed by atoms with van der Waals surface area (Å²) in [6.07, 6.45) is 12.3. The number of hydrogen-bond donors (Lipinski definition) is 2. The molecule has 0 saturated carbocycles. The van der Waals surface area contributed by atoms with E-state index in [-0.39, 0.29) is 6.04 Å². The largest absolute Gasteiger partial charge is 0.496 e. The molecule has 0 aromatic heterocycles. The van der Waals surface area contributed by atoms with Gasteiger partial charge in [-0.05, 0) is 48.9 Å². The summed E-state index contributed by atoms with van der Waals surface area (Å²) in [5.41, 5.74) is 4.26. The van der Waals surface area contributed by atoms with Crippen LogP contribution in [-0.4, -0.2) is 50.1 Å². The first-order valence-electron chi connectivity index (χ1n) is 11.0. The van der Waals surface area contributed by atoms with E-state index in [4.69, 9.17) is 9.73 Å². The van der Waals surface area contributed by atoms with E-state index in [0.717, 1.165) is 44.1 Å². The van der Waals surface area contributed by atoms with Gasteiger partial charge in [0, 0.05) is 52.8 Å². The third-order valence-electron chi connectivity index (χ3n) is 7.19. The van der Waals surface area contributed by atoms with Gasteiger partial charge in [-0.1, -0.05) is 30.0 Å². The third-order valence-corrected chi connectivity index (χ3v) is 8.38. The Morgan fingerprint density at radius 1 is 1.33 bits per heavy atom.